The molecule has 0 heterocycles. The fourth-order valence-corrected chi connectivity index (χ4v) is 5.07. The number of ether oxygens (including phenoxy) is 2. The number of rotatable bonds is 37. The molecule has 3 amide bonds. The molecule has 302 valence electrons. The van der Waals surface area contributed by atoms with Crippen LogP contribution < -0.4 is 21.3 Å². The number of carboxylic acids is 2. The Morgan fingerprint density at radius 2 is 1.08 bits per heavy atom. The second-order valence-corrected chi connectivity index (χ2v) is 13.0. The molecule has 0 spiro atoms. The lowest BCUT2D eigenvalue weighted by Crippen LogP contribution is -2.44. The lowest BCUT2D eigenvalue weighted by Gasteiger charge is -2.19. The van der Waals surface area contributed by atoms with Crippen LogP contribution >= 0.6 is 0 Å². The van der Waals surface area contributed by atoms with E-state index in [1.54, 1.807) is 13.8 Å². The Morgan fingerprint density at radius 3 is 1.62 bits per heavy atom. The van der Waals surface area contributed by atoms with Gasteiger partial charge in [0, 0.05) is 32.5 Å². The summed E-state index contributed by atoms with van der Waals surface area (Å²) in [6, 6.07) is -1.04. The summed E-state index contributed by atoms with van der Waals surface area (Å²) in [5.41, 5.74) is 0.695. The first-order chi connectivity index (χ1) is 25.0. The van der Waals surface area contributed by atoms with Crippen molar-refractivity contribution in [3.05, 3.63) is 0 Å². The lowest BCUT2D eigenvalue weighted by molar-refractivity contribution is -0.141. The van der Waals surface area contributed by atoms with E-state index in [2.05, 4.69) is 26.4 Å². The van der Waals surface area contributed by atoms with Gasteiger partial charge >= 0.3 is 11.9 Å². The van der Waals surface area contributed by atoms with Crippen LogP contribution in [-0.2, 0) is 38.3 Å². The van der Waals surface area contributed by atoms with Crippen LogP contribution in [0.25, 0.3) is 0 Å². The highest BCUT2D eigenvalue weighted by Crippen LogP contribution is 2.14. The number of hydrogen-bond acceptors (Lipinski definition) is 11. The number of hydrogen-bond donors (Lipinski definition) is 7. The fraction of sp³-hybridized carbons (Fsp3) is 0.833. The molecule has 16 nitrogen and oxygen atoms in total. The lowest BCUT2D eigenvalue weighted by atomic mass is 10.0. The van der Waals surface area contributed by atoms with E-state index >= 15 is 0 Å². The zero-order valence-corrected chi connectivity index (χ0v) is 31.6. The van der Waals surface area contributed by atoms with Crippen molar-refractivity contribution in [1.29, 1.82) is 0 Å². The van der Waals surface area contributed by atoms with Crippen LogP contribution in [0, 0.1) is 0 Å². The third kappa shape index (κ3) is 35.1. The summed E-state index contributed by atoms with van der Waals surface area (Å²) in [7, 11) is 0. The number of amides is 3. The van der Waals surface area contributed by atoms with Crippen LogP contribution in [0.1, 0.15) is 129 Å². The van der Waals surface area contributed by atoms with Gasteiger partial charge in [0.2, 0.25) is 11.8 Å². The molecule has 0 aliphatic heterocycles. The van der Waals surface area contributed by atoms with Crippen LogP contribution in [0.3, 0.4) is 0 Å². The highest BCUT2D eigenvalue weighted by molar-refractivity contribution is 5.80. The SMILES string of the molecule is CC(C)=NOCC(=O)NCCNC(=O)COCCOCCNC(=O)CC[C@H](NC(O)CCCCCCCCCCCCCCCCC(=O)O)C(=O)O. The number of unbranched alkanes of at least 4 members (excludes halogenated alkanes) is 13. The largest absolute Gasteiger partial charge is 0.481 e. The van der Waals surface area contributed by atoms with E-state index in [-0.39, 0.29) is 89.7 Å². The van der Waals surface area contributed by atoms with Crippen molar-refractivity contribution in [3.63, 3.8) is 0 Å². The van der Waals surface area contributed by atoms with Crippen molar-refractivity contribution in [1.82, 2.24) is 21.3 Å². The predicted octanol–water partition coefficient (Wildman–Crippen LogP) is 3.25. The molecule has 2 atom stereocenters. The molecule has 0 rings (SSSR count). The van der Waals surface area contributed by atoms with Gasteiger partial charge < -0.3 is 45.6 Å². The molecule has 52 heavy (non-hydrogen) atoms. The molecule has 0 saturated heterocycles. The number of nitrogens with zero attached hydrogens (tertiary/aromatic N) is 1. The molecule has 0 saturated carbocycles. The van der Waals surface area contributed by atoms with E-state index in [0.29, 0.717) is 12.1 Å². The third-order valence-corrected chi connectivity index (χ3v) is 7.86. The van der Waals surface area contributed by atoms with Crippen molar-refractivity contribution >= 4 is 35.4 Å². The highest BCUT2D eigenvalue weighted by Gasteiger charge is 2.21. The maximum atomic E-state index is 12.2. The van der Waals surface area contributed by atoms with Gasteiger partial charge in [0.05, 0.1) is 25.5 Å². The first kappa shape index (κ1) is 48.7. The number of carbonyl (C=O) groups is 5. The fourth-order valence-electron chi connectivity index (χ4n) is 5.07. The van der Waals surface area contributed by atoms with Crippen LogP contribution in [0.5, 0.6) is 0 Å². The van der Waals surface area contributed by atoms with E-state index in [1.807, 2.05) is 0 Å². The molecule has 0 aliphatic carbocycles. The van der Waals surface area contributed by atoms with Gasteiger partial charge in [0.25, 0.3) is 5.91 Å². The standard InChI is InChI=1S/C36H67N5O11/c1-29(2)41-52-28-34(45)38-22-21-37-33(44)27-51-26-25-50-24-23-39-31(42)20-19-30(36(48)49)40-32(43)17-15-13-11-9-7-5-3-4-6-8-10-12-14-16-18-35(46)47/h30,32,40,43H,3-28H2,1-2H3,(H,37,44)(H,38,45)(H,39,42)(H,46,47)(H,48,49)/t30-,32?/m0/s1. The van der Waals surface area contributed by atoms with Crippen LogP contribution in [0.4, 0.5) is 0 Å². The van der Waals surface area contributed by atoms with Gasteiger partial charge in [-0.1, -0.05) is 82.2 Å². The second-order valence-electron chi connectivity index (χ2n) is 13.0. The minimum Gasteiger partial charge on any atom is -0.481 e. The number of nitrogens with one attached hydrogen (secondary N) is 4. The van der Waals surface area contributed by atoms with Crippen LogP contribution in [0.2, 0.25) is 0 Å². The summed E-state index contributed by atoms with van der Waals surface area (Å²) in [6.07, 6.45) is 15.2. The number of aliphatic hydroxyl groups excluding tert-OH is 1. The molecule has 0 fully saturated rings. The molecule has 1 unspecified atom stereocenters. The maximum absolute atomic E-state index is 12.2. The van der Waals surface area contributed by atoms with Gasteiger partial charge in [0.15, 0.2) is 6.61 Å². The summed E-state index contributed by atoms with van der Waals surface area (Å²) in [4.78, 5) is 62.4. The number of aliphatic hydroxyl groups is 1. The van der Waals surface area contributed by atoms with Crippen molar-refractivity contribution in [3.8, 4) is 0 Å². The zero-order chi connectivity index (χ0) is 38.7. The Hall–Kier alpha value is -3.34. The quantitative estimate of drug-likeness (QED) is 0.0210. The minimum absolute atomic E-state index is 0.0198. The monoisotopic (exact) mass is 745 g/mol. The summed E-state index contributed by atoms with van der Waals surface area (Å²) in [5.74, 6) is -2.84. The predicted molar refractivity (Wildman–Crippen MR) is 197 cm³/mol. The smallest absolute Gasteiger partial charge is 0.320 e. The first-order valence-corrected chi connectivity index (χ1v) is 19.0. The summed E-state index contributed by atoms with van der Waals surface area (Å²) >= 11 is 0. The summed E-state index contributed by atoms with van der Waals surface area (Å²) in [6.45, 7) is 4.41. The van der Waals surface area contributed by atoms with Crippen molar-refractivity contribution in [2.75, 3.05) is 52.7 Å². The van der Waals surface area contributed by atoms with E-state index in [1.165, 1.54) is 44.9 Å². The van der Waals surface area contributed by atoms with Gasteiger partial charge in [-0.15, -0.1) is 0 Å². The van der Waals surface area contributed by atoms with E-state index < -0.39 is 24.2 Å². The molecule has 0 radical (unpaired) electrons. The van der Waals surface area contributed by atoms with E-state index in [4.69, 9.17) is 19.4 Å². The maximum Gasteiger partial charge on any atom is 0.320 e. The second kappa shape index (κ2) is 34.7. The Bertz CT molecular complexity index is 996. The molecule has 0 aromatic carbocycles. The van der Waals surface area contributed by atoms with Crippen LogP contribution in [-0.4, -0.2) is 116 Å². The van der Waals surface area contributed by atoms with Crippen molar-refractivity contribution < 1.29 is 53.6 Å². The zero-order valence-electron chi connectivity index (χ0n) is 31.6. The highest BCUT2D eigenvalue weighted by atomic mass is 16.6. The molecular formula is C36H67N5O11. The normalized spacial score (nSPS) is 12.1. The number of oxime groups is 1. The van der Waals surface area contributed by atoms with Crippen molar-refractivity contribution in [2.24, 2.45) is 5.16 Å². The summed E-state index contributed by atoms with van der Waals surface area (Å²) < 4.78 is 10.6. The van der Waals surface area contributed by atoms with E-state index in [0.717, 1.165) is 44.9 Å². The third-order valence-electron chi connectivity index (χ3n) is 7.86. The topological polar surface area (TPSA) is 234 Å². The van der Waals surface area contributed by atoms with Gasteiger partial charge in [-0.3, -0.25) is 29.3 Å². The average molecular weight is 746 g/mol. The van der Waals surface area contributed by atoms with E-state index in [9.17, 15) is 34.2 Å². The number of carboxylic acid groups (broad SMARTS) is 2. The molecule has 16 heteroatoms. The molecule has 7 N–H and O–H groups in total. The Kier molecular flexibility index (Phi) is 32.5. The molecule has 0 aliphatic rings. The number of carbonyl (C=O) groups excluding carboxylic acids is 3. The average Bonchev–Trinajstić information content (AvgIpc) is 3.09. The Balaban J connectivity index is 3.70. The number of aliphatic carboxylic acids is 2. The summed E-state index contributed by atoms with van der Waals surface area (Å²) in [5, 5.41) is 42.7. The first-order valence-electron chi connectivity index (χ1n) is 19.0. The van der Waals surface area contributed by atoms with Gasteiger partial charge in [-0.05, 0) is 39.5 Å². The van der Waals surface area contributed by atoms with Crippen LogP contribution in [0.15, 0.2) is 5.16 Å². The molecule has 0 bridgehead atoms. The molecule has 0 aromatic rings. The Morgan fingerprint density at radius 1 is 0.577 bits per heavy atom. The van der Waals surface area contributed by atoms with Crippen molar-refractivity contribution in [2.45, 2.75) is 142 Å². The van der Waals surface area contributed by atoms with Gasteiger partial charge in [-0.2, -0.15) is 0 Å². The minimum atomic E-state index is -1.12. The van der Waals surface area contributed by atoms with Gasteiger partial charge in [0.1, 0.15) is 18.9 Å². The Labute approximate surface area is 309 Å². The van der Waals surface area contributed by atoms with Gasteiger partial charge in [-0.25, -0.2) is 0 Å². The molecule has 0 aromatic heterocycles. The molecular weight excluding hydrogens is 678 g/mol.